The molecule has 2 aliphatic heterocycles. The third-order valence-corrected chi connectivity index (χ3v) is 3.69. The quantitative estimate of drug-likeness (QED) is 0.725. The Bertz CT molecular complexity index is 186. The molecule has 0 saturated carbocycles. The number of hydrogen-bond acceptors (Lipinski definition) is 3. The van der Waals surface area contributed by atoms with E-state index in [9.17, 15) is 0 Å². The Balaban J connectivity index is 1.83. The number of hydrogen-bond donors (Lipinski definition) is 1. The summed E-state index contributed by atoms with van der Waals surface area (Å²) in [7, 11) is 2.22. The largest absolute Gasteiger partial charge is 0.380 e. The molecular formula is C11H22N2O. The van der Waals surface area contributed by atoms with Gasteiger partial charge in [-0.2, -0.15) is 0 Å². The van der Waals surface area contributed by atoms with Gasteiger partial charge in [-0.25, -0.2) is 0 Å². The summed E-state index contributed by atoms with van der Waals surface area (Å²) >= 11 is 0. The van der Waals surface area contributed by atoms with Gasteiger partial charge in [0.25, 0.3) is 0 Å². The highest BCUT2D eigenvalue weighted by Crippen LogP contribution is 2.36. The van der Waals surface area contributed by atoms with E-state index >= 15 is 0 Å². The fourth-order valence-electron chi connectivity index (χ4n) is 2.76. The van der Waals surface area contributed by atoms with Crippen LogP contribution < -0.4 is 5.73 Å². The summed E-state index contributed by atoms with van der Waals surface area (Å²) in [6.07, 6.45) is 4.00. The monoisotopic (exact) mass is 198 g/mol. The van der Waals surface area contributed by atoms with Crippen LogP contribution in [-0.2, 0) is 4.74 Å². The van der Waals surface area contributed by atoms with E-state index in [-0.39, 0.29) is 0 Å². The predicted octanol–water partition coefficient (Wildman–Crippen LogP) is 0.694. The number of rotatable bonds is 3. The number of nitrogens with two attached hydrogens (primary N) is 1. The van der Waals surface area contributed by atoms with E-state index in [1.54, 1.807) is 0 Å². The Hall–Kier alpha value is -0.120. The Labute approximate surface area is 86.6 Å². The van der Waals surface area contributed by atoms with Crippen molar-refractivity contribution >= 4 is 0 Å². The summed E-state index contributed by atoms with van der Waals surface area (Å²) in [5.74, 6) is 0.848. The minimum absolute atomic E-state index is 0.336. The highest BCUT2D eigenvalue weighted by molar-refractivity contribution is 4.90. The maximum atomic E-state index is 5.83. The lowest BCUT2D eigenvalue weighted by molar-refractivity contribution is -0.121. The van der Waals surface area contributed by atoms with Crippen LogP contribution in [0.4, 0.5) is 0 Å². The minimum atomic E-state index is 0.336. The summed E-state index contributed by atoms with van der Waals surface area (Å²) in [6, 6.07) is 0. The zero-order chi connectivity index (χ0) is 10.0. The van der Waals surface area contributed by atoms with Crippen LogP contribution in [0.15, 0.2) is 0 Å². The van der Waals surface area contributed by atoms with Crippen LogP contribution in [0.1, 0.15) is 19.3 Å². The molecule has 2 heterocycles. The molecule has 1 atom stereocenters. The zero-order valence-corrected chi connectivity index (χ0v) is 9.17. The summed E-state index contributed by atoms with van der Waals surface area (Å²) in [4.78, 5) is 2.44. The second-order valence-corrected chi connectivity index (χ2v) is 5.17. The van der Waals surface area contributed by atoms with E-state index in [0.717, 1.165) is 25.7 Å². The summed E-state index contributed by atoms with van der Waals surface area (Å²) in [5.41, 5.74) is 6.16. The van der Waals surface area contributed by atoms with Crippen LogP contribution >= 0.6 is 0 Å². The first-order chi connectivity index (χ1) is 6.74. The molecule has 0 bridgehead atoms. The van der Waals surface area contributed by atoms with Gasteiger partial charge in [0.1, 0.15) is 0 Å². The van der Waals surface area contributed by atoms with Gasteiger partial charge in [-0.15, -0.1) is 0 Å². The maximum Gasteiger partial charge on any atom is 0.0557 e. The second-order valence-electron chi connectivity index (χ2n) is 5.17. The van der Waals surface area contributed by atoms with Crippen molar-refractivity contribution in [2.75, 3.05) is 39.9 Å². The van der Waals surface area contributed by atoms with Crippen molar-refractivity contribution in [1.82, 2.24) is 4.90 Å². The van der Waals surface area contributed by atoms with Crippen LogP contribution in [-0.4, -0.2) is 44.8 Å². The van der Waals surface area contributed by atoms with Gasteiger partial charge in [0.2, 0.25) is 0 Å². The van der Waals surface area contributed by atoms with E-state index in [1.807, 2.05) is 0 Å². The van der Waals surface area contributed by atoms with Crippen LogP contribution in [0, 0.1) is 11.3 Å². The van der Waals surface area contributed by atoms with Gasteiger partial charge in [0.15, 0.2) is 0 Å². The number of nitrogens with zero attached hydrogens (tertiary/aromatic N) is 1. The van der Waals surface area contributed by atoms with Crippen LogP contribution in [0.3, 0.4) is 0 Å². The first-order valence-corrected chi connectivity index (χ1v) is 5.70. The highest BCUT2D eigenvalue weighted by Gasteiger charge is 2.39. The first kappa shape index (κ1) is 10.4. The summed E-state index contributed by atoms with van der Waals surface area (Å²) in [6.45, 7) is 5.10. The minimum Gasteiger partial charge on any atom is -0.380 e. The molecule has 0 spiro atoms. The highest BCUT2D eigenvalue weighted by atomic mass is 16.5. The lowest BCUT2D eigenvalue weighted by atomic mass is 9.75. The van der Waals surface area contributed by atoms with E-state index in [0.29, 0.717) is 5.41 Å². The number of piperidine rings is 1. The van der Waals surface area contributed by atoms with E-state index in [2.05, 4.69) is 11.9 Å². The average Bonchev–Trinajstić information content (AvgIpc) is 2.11. The lowest BCUT2D eigenvalue weighted by Crippen LogP contribution is -2.50. The maximum absolute atomic E-state index is 5.83. The number of likely N-dealkylation sites (tertiary alicyclic amines) is 1. The van der Waals surface area contributed by atoms with Gasteiger partial charge < -0.3 is 15.4 Å². The molecule has 0 aromatic heterocycles. The molecule has 2 rings (SSSR count). The van der Waals surface area contributed by atoms with Crippen molar-refractivity contribution < 1.29 is 4.74 Å². The average molecular weight is 198 g/mol. The molecule has 2 saturated heterocycles. The number of ether oxygens (including phenoxy) is 1. The molecule has 0 radical (unpaired) electrons. The topological polar surface area (TPSA) is 38.5 Å². The lowest BCUT2D eigenvalue weighted by Gasteiger charge is -2.44. The fourth-order valence-corrected chi connectivity index (χ4v) is 2.76. The van der Waals surface area contributed by atoms with Crippen molar-refractivity contribution in [2.45, 2.75) is 19.3 Å². The van der Waals surface area contributed by atoms with Crippen molar-refractivity contribution in [1.29, 1.82) is 0 Å². The molecule has 0 aromatic carbocycles. The molecule has 82 valence electrons. The van der Waals surface area contributed by atoms with Gasteiger partial charge in [0.05, 0.1) is 13.2 Å². The van der Waals surface area contributed by atoms with Crippen LogP contribution in [0.25, 0.3) is 0 Å². The molecule has 2 N–H and O–H groups in total. The van der Waals surface area contributed by atoms with Crippen LogP contribution in [0.5, 0.6) is 0 Å². The molecular weight excluding hydrogens is 176 g/mol. The molecule has 0 amide bonds. The van der Waals surface area contributed by atoms with Crippen molar-refractivity contribution in [3.63, 3.8) is 0 Å². The molecule has 2 aliphatic rings. The first-order valence-electron chi connectivity index (χ1n) is 5.70. The smallest absolute Gasteiger partial charge is 0.0557 e. The normalized spacial score (nSPS) is 32.6. The van der Waals surface area contributed by atoms with Gasteiger partial charge >= 0.3 is 0 Å². The predicted molar refractivity (Wildman–Crippen MR) is 57.1 cm³/mol. The van der Waals surface area contributed by atoms with E-state index in [4.69, 9.17) is 10.5 Å². The second kappa shape index (κ2) is 4.17. The SMILES string of the molecule is CN1CCCC(CC2(CN)COC2)C1. The Morgan fingerprint density at radius 3 is 2.79 bits per heavy atom. The third kappa shape index (κ3) is 2.10. The molecule has 14 heavy (non-hydrogen) atoms. The Morgan fingerprint density at radius 2 is 2.29 bits per heavy atom. The third-order valence-electron chi connectivity index (χ3n) is 3.69. The van der Waals surface area contributed by atoms with Gasteiger partial charge in [-0.1, -0.05) is 0 Å². The molecule has 2 fully saturated rings. The Morgan fingerprint density at radius 1 is 1.50 bits per heavy atom. The van der Waals surface area contributed by atoms with Crippen molar-refractivity contribution in [3.05, 3.63) is 0 Å². The summed E-state index contributed by atoms with van der Waals surface area (Å²) in [5, 5.41) is 0. The van der Waals surface area contributed by atoms with Crippen molar-refractivity contribution in [2.24, 2.45) is 17.1 Å². The zero-order valence-electron chi connectivity index (χ0n) is 9.17. The van der Waals surface area contributed by atoms with Gasteiger partial charge in [-0.05, 0) is 38.8 Å². The molecule has 3 nitrogen and oxygen atoms in total. The fraction of sp³-hybridized carbons (Fsp3) is 1.00. The molecule has 3 heteroatoms. The standard InChI is InChI=1S/C11H22N2O/c1-13-4-2-3-10(6-13)5-11(7-12)8-14-9-11/h10H,2-9,12H2,1H3. The molecule has 0 aromatic rings. The van der Waals surface area contributed by atoms with E-state index in [1.165, 1.54) is 32.4 Å². The summed E-state index contributed by atoms with van der Waals surface area (Å²) < 4.78 is 5.30. The molecule has 0 aliphatic carbocycles. The van der Waals surface area contributed by atoms with Gasteiger partial charge in [-0.3, -0.25) is 0 Å². The van der Waals surface area contributed by atoms with Crippen molar-refractivity contribution in [3.8, 4) is 0 Å². The van der Waals surface area contributed by atoms with Crippen LogP contribution in [0.2, 0.25) is 0 Å². The van der Waals surface area contributed by atoms with E-state index < -0.39 is 0 Å². The molecule has 1 unspecified atom stereocenters. The Kier molecular flexibility index (Phi) is 3.10. The van der Waals surface area contributed by atoms with Gasteiger partial charge in [0, 0.05) is 18.5 Å².